The molecule has 1 aromatic carbocycles. The van der Waals surface area contributed by atoms with Crippen molar-refractivity contribution >= 4 is 11.8 Å². The molecule has 1 aliphatic rings. The van der Waals surface area contributed by atoms with Gasteiger partial charge in [-0.2, -0.15) is 0 Å². The number of carbonyl (C=O) groups is 1. The molecule has 1 aliphatic heterocycles. The highest BCUT2D eigenvalue weighted by Gasteiger charge is 2.31. The van der Waals surface area contributed by atoms with Crippen LogP contribution in [0, 0.1) is 0 Å². The number of hydrogen-bond acceptors (Lipinski definition) is 8. The third kappa shape index (κ3) is 4.30. The molecule has 0 radical (unpaired) electrons. The average molecular weight is 437 g/mol. The van der Waals surface area contributed by atoms with E-state index in [9.17, 15) is 14.7 Å². The molecule has 1 amide bonds. The number of ether oxygens (including phenoxy) is 1. The van der Waals surface area contributed by atoms with E-state index >= 15 is 0 Å². The summed E-state index contributed by atoms with van der Waals surface area (Å²) in [5.41, 5.74) is 1.66. The SMILES string of the molecule is COC1=NCc2cc(CC(=O)N[C@@H](c3ccccc3)C(C)(C)O)nc(-c3n[nH]c(=O)o3)c21. The number of nitrogens with one attached hydrogen (secondary N) is 2. The average Bonchev–Trinajstić information content (AvgIpc) is 3.37. The van der Waals surface area contributed by atoms with Gasteiger partial charge >= 0.3 is 5.76 Å². The van der Waals surface area contributed by atoms with Crippen LogP contribution in [0.15, 0.2) is 50.6 Å². The van der Waals surface area contributed by atoms with Crippen LogP contribution < -0.4 is 11.1 Å². The molecule has 0 saturated heterocycles. The molecular weight excluding hydrogens is 414 g/mol. The molecule has 166 valence electrons. The molecule has 0 saturated carbocycles. The van der Waals surface area contributed by atoms with Crippen LogP contribution in [0.4, 0.5) is 0 Å². The lowest BCUT2D eigenvalue weighted by Gasteiger charge is -2.30. The Kier molecular flexibility index (Phi) is 5.62. The summed E-state index contributed by atoms with van der Waals surface area (Å²) in [6, 6.07) is 10.4. The second kappa shape index (κ2) is 8.39. The second-order valence-corrected chi connectivity index (χ2v) is 7.98. The smallest absolute Gasteiger partial charge is 0.434 e. The maximum atomic E-state index is 12.9. The second-order valence-electron chi connectivity index (χ2n) is 7.98. The Labute approximate surface area is 183 Å². The third-order valence-corrected chi connectivity index (χ3v) is 5.08. The number of aliphatic hydroxyl groups is 1. The van der Waals surface area contributed by atoms with E-state index in [0.29, 0.717) is 23.7 Å². The molecule has 3 aromatic rings. The van der Waals surface area contributed by atoms with Gasteiger partial charge in [0.25, 0.3) is 5.89 Å². The number of hydrogen-bond donors (Lipinski definition) is 3. The molecule has 3 heterocycles. The Hall–Kier alpha value is -3.79. The Morgan fingerprint density at radius 1 is 1.34 bits per heavy atom. The van der Waals surface area contributed by atoms with Crippen LogP contribution in [0.3, 0.4) is 0 Å². The number of methoxy groups -OCH3 is 1. The molecule has 2 aromatic heterocycles. The van der Waals surface area contributed by atoms with Crippen LogP contribution in [0.1, 0.15) is 42.3 Å². The minimum atomic E-state index is -1.19. The van der Waals surface area contributed by atoms with Crippen molar-refractivity contribution < 1.29 is 19.1 Å². The summed E-state index contributed by atoms with van der Waals surface area (Å²) in [5, 5.41) is 19.6. The van der Waals surface area contributed by atoms with Crippen LogP contribution in [0.25, 0.3) is 11.6 Å². The highest BCUT2D eigenvalue weighted by Crippen LogP contribution is 2.30. The number of amides is 1. The summed E-state index contributed by atoms with van der Waals surface area (Å²) in [6.07, 6.45) is -0.0589. The maximum absolute atomic E-state index is 12.9. The highest BCUT2D eigenvalue weighted by molar-refractivity contribution is 6.02. The largest absolute Gasteiger partial charge is 0.481 e. The van der Waals surface area contributed by atoms with Gasteiger partial charge in [0, 0.05) is 0 Å². The molecule has 10 heteroatoms. The summed E-state index contributed by atoms with van der Waals surface area (Å²) >= 11 is 0. The van der Waals surface area contributed by atoms with Crippen LogP contribution in [0.2, 0.25) is 0 Å². The molecule has 0 bridgehead atoms. The van der Waals surface area contributed by atoms with Gasteiger partial charge in [-0.3, -0.25) is 4.79 Å². The number of aliphatic imine (C=N–C) groups is 1. The Balaban J connectivity index is 1.63. The molecular formula is C22H23N5O5. The number of aromatic amines is 1. The van der Waals surface area contributed by atoms with E-state index in [1.807, 2.05) is 30.3 Å². The van der Waals surface area contributed by atoms with E-state index in [2.05, 4.69) is 25.5 Å². The number of carbonyl (C=O) groups excluding carboxylic acids is 1. The van der Waals surface area contributed by atoms with Gasteiger partial charge in [0.05, 0.1) is 43.0 Å². The van der Waals surface area contributed by atoms with Gasteiger partial charge in [-0.15, -0.1) is 5.10 Å². The first-order valence-corrected chi connectivity index (χ1v) is 10.0. The predicted octanol–water partition coefficient (Wildman–Crippen LogP) is 1.50. The molecule has 32 heavy (non-hydrogen) atoms. The zero-order valence-electron chi connectivity index (χ0n) is 17.9. The highest BCUT2D eigenvalue weighted by atomic mass is 16.5. The fourth-order valence-corrected chi connectivity index (χ4v) is 3.69. The topological polar surface area (TPSA) is 143 Å². The van der Waals surface area contributed by atoms with Gasteiger partial charge in [-0.1, -0.05) is 30.3 Å². The monoisotopic (exact) mass is 437 g/mol. The van der Waals surface area contributed by atoms with Gasteiger partial charge < -0.3 is 19.6 Å². The quantitative estimate of drug-likeness (QED) is 0.530. The number of pyridine rings is 1. The molecule has 3 N–H and O–H groups in total. The van der Waals surface area contributed by atoms with E-state index in [1.165, 1.54) is 7.11 Å². The lowest BCUT2D eigenvalue weighted by atomic mass is 9.91. The van der Waals surface area contributed by atoms with Crippen LogP contribution in [-0.4, -0.2) is 44.8 Å². The van der Waals surface area contributed by atoms with Crippen LogP contribution >= 0.6 is 0 Å². The summed E-state index contributed by atoms with van der Waals surface area (Å²) in [5.74, 6) is -0.702. The van der Waals surface area contributed by atoms with E-state index in [-0.39, 0.29) is 23.9 Å². The number of aromatic nitrogens is 3. The normalized spacial score (nSPS) is 13.9. The number of nitrogens with zero attached hydrogens (tertiary/aromatic N) is 3. The van der Waals surface area contributed by atoms with Gasteiger partial charge in [0.15, 0.2) is 0 Å². The number of H-pyrrole nitrogens is 1. The number of rotatable bonds is 6. The van der Waals surface area contributed by atoms with E-state index in [4.69, 9.17) is 9.15 Å². The Bertz CT molecular complexity index is 1220. The molecule has 0 fully saturated rings. The summed E-state index contributed by atoms with van der Waals surface area (Å²) in [4.78, 5) is 33.2. The van der Waals surface area contributed by atoms with Gasteiger partial charge in [-0.05, 0) is 31.0 Å². The molecule has 4 rings (SSSR count). The molecule has 0 unspecified atom stereocenters. The minimum absolute atomic E-state index is 0.0150. The zero-order chi connectivity index (χ0) is 22.9. The molecule has 10 nitrogen and oxygen atoms in total. The standard InChI is InChI=1S/C22H23N5O5/c1-22(2,30)18(12-7-5-4-6-8-12)25-15(28)10-14-9-13-11-23-19(31-3)16(13)17(24-14)20-26-27-21(29)32-20/h4-9,18,30H,10-11H2,1-3H3,(H,25,28)(H,27,29)/t18-/m0/s1. The Morgan fingerprint density at radius 3 is 2.72 bits per heavy atom. The maximum Gasteiger partial charge on any atom is 0.434 e. The predicted molar refractivity (Wildman–Crippen MR) is 115 cm³/mol. The van der Waals surface area contributed by atoms with Gasteiger partial charge in [-0.25, -0.2) is 19.9 Å². The van der Waals surface area contributed by atoms with Crippen molar-refractivity contribution in [2.75, 3.05) is 7.11 Å². The van der Waals surface area contributed by atoms with Crippen LogP contribution in [0.5, 0.6) is 0 Å². The first-order valence-electron chi connectivity index (χ1n) is 10.0. The minimum Gasteiger partial charge on any atom is -0.481 e. The zero-order valence-corrected chi connectivity index (χ0v) is 17.9. The molecule has 0 spiro atoms. The summed E-state index contributed by atoms with van der Waals surface area (Å²) in [6.45, 7) is 3.62. The number of benzene rings is 1. The third-order valence-electron chi connectivity index (χ3n) is 5.08. The first-order chi connectivity index (χ1) is 15.3. The Morgan fingerprint density at radius 2 is 2.09 bits per heavy atom. The van der Waals surface area contributed by atoms with Crippen molar-refractivity contribution in [3.8, 4) is 11.6 Å². The molecule has 1 atom stereocenters. The van der Waals surface area contributed by atoms with Gasteiger partial charge in [0.2, 0.25) is 11.8 Å². The summed E-state index contributed by atoms with van der Waals surface area (Å²) in [7, 11) is 1.49. The summed E-state index contributed by atoms with van der Waals surface area (Å²) < 4.78 is 10.4. The van der Waals surface area contributed by atoms with Crippen molar-refractivity contribution in [2.24, 2.45) is 4.99 Å². The van der Waals surface area contributed by atoms with Gasteiger partial charge in [0.1, 0.15) is 5.69 Å². The lowest BCUT2D eigenvalue weighted by molar-refractivity contribution is -0.123. The van der Waals surface area contributed by atoms with Crippen LogP contribution in [-0.2, 0) is 22.5 Å². The van der Waals surface area contributed by atoms with Crippen molar-refractivity contribution in [1.29, 1.82) is 0 Å². The van der Waals surface area contributed by atoms with Crippen molar-refractivity contribution in [3.63, 3.8) is 0 Å². The number of fused-ring (bicyclic) bond motifs is 1. The molecule has 0 aliphatic carbocycles. The van der Waals surface area contributed by atoms with E-state index in [0.717, 1.165) is 11.1 Å². The van der Waals surface area contributed by atoms with E-state index < -0.39 is 17.4 Å². The lowest BCUT2D eigenvalue weighted by Crippen LogP contribution is -2.42. The van der Waals surface area contributed by atoms with Crippen molar-refractivity contribution in [1.82, 2.24) is 20.5 Å². The fourth-order valence-electron chi connectivity index (χ4n) is 3.69. The van der Waals surface area contributed by atoms with E-state index in [1.54, 1.807) is 19.9 Å². The van der Waals surface area contributed by atoms with Crippen molar-refractivity contribution in [3.05, 3.63) is 69.3 Å². The van der Waals surface area contributed by atoms with Crippen molar-refractivity contribution in [2.45, 2.75) is 38.5 Å². The first kappa shape index (κ1) is 21.4. The fraction of sp³-hybridized carbons (Fsp3) is 0.318.